The molecule has 35 heavy (non-hydrogen) atoms. The van der Waals surface area contributed by atoms with Gasteiger partial charge in [-0.2, -0.15) is 4.31 Å². The lowest BCUT2D eigenvalue weighted by Crippen LogP contribution is -2.52. The normalized spacial score (nSPS) is 18.2. The predicted molar refractivity (Wildman–Crippen MR) is 129 cm³/mol. The number of aromatic amines is 1. The second-order valence-electron chi connectivity index (χ2n) is 8.73. The lowest BCUT2D eigenvalue weighted by atomic mass is 9.87. The van der Waals surface area contributed by atoms with Crippen molar-refractivity contribution in [3.8, 4) is 0 Å². The molecule has 1 aliphatic rings. The summed E-state index contributed by atoms with van der Waals surface area (Å²) in [5.41, 5.74) is 2.11. The monoisotopic (exact) mass is 524 g/mol. The van der Waals surface area contributed by atoms with Gasteiger partial charge in [-0.3, -0.25) is 0 Å². The molecule has 0 radical (unpaired) electrons. The molecular weight excluding hydrogens is 499 g/mol. The first-order chi connectivity index (χ1) is 16.5. The first-order valence-corrected chi connectivity index (χ1v) is 12.8. The second-order valence-corrected chi connectivity index (χ2v) is 11.0. The van der Waals surface area contributed by atoms with Crippen molar-refractivity contribution in [2.24, 2.45) is 0 Å². The number of halogens is 2. The Bertz CT molecular complexity index is 1420. The highest BCUT2D eigenvalue weighted by atomic mass is 35.5. The van der Waals surface area contributed by atoms with Crippen LogP contribution in [-0.4, -0.2) is 47.3 Å². The van der Waals surface area contributed by atoms with Crippen LogP contribution in [0.2, 0.25) is 5.02 Å². The number of H-pyrrole nitrogens is 1. The molecule has 0 fully saturated rings. The van der Waals surface area contributed by atoms with Crippen LogP contribution in [0.15, 0.2) is 44.4 Å². The van der Waals surface area contributed by atoms with E-state index in [0.717, 1.165) is 9.87 Å². The van der Waals surface area contributed by atoms with E-state index in [9.17, 15) is 18.3 Å². The van der Waals surface area contributed by atoms with Crippen LogP contribution in [0.5, 0.6) is 0 Å². The van der Waals surface area contributed by atoms with Gasteiger partial charge in [-0.25, -0.2) is 22.7 Å². The minimum atomic E-state index is -4.19. The maximum Gasteiger partial charge on any atom is 0.434 e. The van der Waals surface area contributed by atoms with Gasteiger partial charge in [0.05, 0.1) is 25.0 Å². The van der Waals surface area contributed by atoms with Crippen LogP contribution in [0.25, 0.3) is 0 Å². The number of aryl methyl sites for hydroxylation is 1. The van der Waals surface area contributed by atoms with Crippen LogP contribution in [0.3, 0.4) is 0 Å². The molecule has 188 valence electrons. The molecule has 0 amide bonds. The third kappa shape index (κ3) is 4.37. The van der Waals surface area contributed by atoms with Crippen molar-refractivity contribution < 1.29 is 22.3 Å². The minimum Gasteiger partial charge on any atom is -0.394 e. The maximum absolute atomic E-state index is 15.1. The molecule has 3 aromatic rings. The molecule has 0 bridgehead atoms. The molecule has 9 nitrogen and oxygen atoms in total. The molecule has 2 heterocycles. The zero-order chi connectivity index (χ0) is 25.7. The Balaban J connectivity index is 1.95. The fraction of sp³-hybridized carbons (Fsp3) is 0.391. The summed E-state index contributed by atoms with van der Waals surface area (Å²) in [6.07, 6.45) is 0. The Hall–Kier alpha value is -2.73. The summed E-state index contributed by atoms with van der Waals surface area (Å²) in [4.78, 5) is 13.5. The van der Waals surface area contributed by atoms with Gasteiger partial charge in [0.1, 0.15) is 16.8 Å². The molecule has 4 rings (SSSR count). The van der Waals surface area contributed by atoms with Gasteiger partial charge in [0, 0.05) is 10.9 Å². The summed E-state index contributed by atoms with van der Waals surface area (Å²) in [5, 5.41) is 16.3. The highest BCUT2D eigenvalue weighted by Gasteiger charge is 2.46. The Kier molecular flexibility index (Phi) is 6.80. The quantitative estimate of drug-likeness (QED) is 0.506. The molecule has 2 aromatic carbocycles. The van der Waals surface area contributed by atoms with Crippen LogP contribution in [0, 0.1) is 19.7 Å². The van der Waals surface area contributed by atoms with Gasteiger partial charge in [-0.15, -0.1) is 5.10 Å². The highest BCUT2D eigenvalue weighted by molar-refractivity contribution is 7.89. The zero-order valence-corrected chi connectivity index (χ0v) is 21.2. The van der Waals surface area contributed by atoms with Gasteiger partial charge >= 0.3 is 5.76 Å². The van der Waals surface area contributed by atoms with E-state index < -0.39 is 39.6 Å². The van der Waals surface area contributed by atoms with Crippen molar-refractivity contribution in [2.45, 2.75) is 50.6 Å². The molecule has 2 N–H and O–H groups in total. The number of aliphatic hydroxyl groups excluding tert-OH is 1. The standard InChI is InChI=1S/C23H26ClFN4O5S/c1-12-5-7-17(25)20(14(12)3)15(4)21(22-26-27-23(31)34-22)29-11-28(13(2)10-30)18-9-16(24)6-8-19(18)35(29,32)33/h5-9,13,15,21,30H,10-11H2,1-4H3,(H,27,31)/t13-,15-,21+/m1/s1. The van der Waals surface area contributed by atoms with E-state index in [-0.39, 0.29) is 24.1 Å². The number of nitrogens with zero attached hydrogens (tertiary/aromatic N) is 3. The summed E-state index contributed by atoms with van der Waals surface area (Å²) >= 11 is 6.16. The Labute approximate surface area is 207 Å². The number of hydrogen-bond donors (Lipinski definition) is 2. The van der Waals surface area contributed by atoms with Crippen molar-refractivity contribution in [1.29, 1.82) is 0 Å². The Morgan fingerprint density at radius 2 is 1.97 bits per heavy atom. The van der Waals surface area contributed by atoms with Gasteiger partial charge in [-0.1, -0.05) is 24.6 Å². The number of fused-ring (bicyclic) bond motifs is 1. The van der Waals surface area contributed by atoms with Crippen molar-refractivity contribution in [3.63, 3.8) is 0 Å². The number of anilines is 1. The lowest BCUT2D eigenvalue weighted by Gasteiger charge is -2.44. The second kappa shape index (κ2) is 9.38. The van der Waals surface area contributed by atoms with Crippen molar-refractivity contribution in [2.75, 3.05) is 18.2 Å². The fourth-order valence-corrected chi connectivity index (χ4v) is 6.50. The van der Waals surface area contributed by atoms with E-state index in [4.69, 9.17) is 16.0 Å². The van der Waals surface area contributed by atoms with Gasteiger partial charge in [0.15, 0.2) is 0 Å². The van der Waals surface area contributed by atoms with Crippen LogP contribution < -0.4 is 10.7 Å². The smallest absolute Gasteiger partial charge is 0.394 e. The first kappa shape index (κ1) is 25.4. The summed E-state index contributed by atoms with van der Waals surface area (Å²) < 4.78 is 49.3. The number of sulfonamides is 1. The largest absolute Gasteiger partial charge is 0.434 e. The van der Waals surface area contributed by atoms with E-state index in [2.05, 4.69) is 10.2 Å². The predicted octanol–water partition coefficient (Wildman–Crippen LogP) is 3.47. The molecular formula is C23H26ClFN4O5S. The molecule has 0 saturated carbocycles. The lowest BCUT2D eigenvalue weighted by molar-refractivity contribution is 0.213. The van der Waals surface area contributed by atoms with Crippen LogP contribution in [0.1, 0.15) is 48.4 Å². The minimum absolute atomic E-state index is 0.0371. The van der Waals surface area contributed by atoms with E-state index in [1.807, 2.05) is 6.92 Å². The summed E-state index contributed by atoms with van der Waals surface area (Å²) in [6.45, 7) is 6.51. The van der Waals surface area contributed by atoms with E-state index in [1.165, 1.54) is 24.3 Å². The molecule has 1 aromatic heterocycles. The number of aliphatic hydroxyl groups is 1. The third-order valence-corrected chi connectivity index (χ3v) is 8.68. The summed E-state index contributed by atoms with van der Waals surface area (Å²) in [7, 11) is -4.19. The number of benzene rings is 2. The average molecular weight is 525 g/mol. The van der Waals surface area contributed by atoms with Gasteiger partial charge in [0.2, 0.25) is 15.9 Å². The van der Waals surface area contributed by atoms with Crippen LogP contribution in [-0.2, 0) is 10.0 Å². The molecule has 12 heteroatoms. The van der Waals surface area contributed by atoms with Crippen LogP contribution in [0.4, 0.5) is 10.1 Å². The topological polar surface area (TPSA) is 120 Å². The summed E-state index contributed by atoms with van der Waals surface area (Å²) in [5.74, 6) is -2.36. The van der Waals surface area contributed by atoms with E-state index >= 15 is 4.39 Å². The molecule has 0 spiro atoms. The number of hydrogen-bond acceptors (Lipinski definition) is 7. The number of aromatic nitrogens is 2. The highest BCUT2D eigenvalue weighted by Crippen LogP contribution is 2.45. The van der Waals surface area contributed by atoms with Crippen molar-refractivity contribution >= 4 is 27.3 Å². The van der Waals surface area contributed by atoms with Gasteiger partial charge in [-0.05, 0) is 61.7 Å². The van der Waals surface area contributed by atoms with Crippen molar-refractivity contribution in [3.05, 3.63) is 74.3 Å². The number of nitrogens with one attached hydrogen (secondary N) is 1. The summed E-state index contributed by atoms with van der Waals surface area (Å²) in [6, 6.07) is 5.69. The van der Waals surface area contributed by atoms with E-state index in [0.29, 0.717) is 21.8 Å². The van der Waals surface area contributed by atoms with E-state index in [1.54, 1.807) is 31.7 Å². The zero-order valence-electron chi connectivity index (χ0n) is 19.6. The van der Waals surface area contributed by atoms with Gasteiger partial charge < -0.3 is 14.4 Å². The maximum atomic E-state index is 15.1. The first-order valence-electron chi connectivity index (χ1n) is 11.0. The van der Waals surface area contributed by atoms with Crippen molar-refractivity contribution in [1.82, 2.24) is 14.5 Å². The fourth-order valence-electron chi connectivity index (χ4n) is 4.55. The molecule has 1 aliphatic heterocycles. The van der Waals surface area contributed by atoms with Crippen LogP contribution >= 0.6 is 11.6 Å². The Morgan fingerprint density at radius 3 is 2.60 bits per heavy atom. The Morgan fingerprint density at radius 1 is 1.26 bits per heavy atom. The van der Waals surface area contributed by atoms with Gasteiger partial charge in [0.25, 0.3) is 0 Å². The molecule has 3 atom stereocenters. The average Bonchev–Trinajstić information content (AvgIpc) is 3.23. The molecule has 0 unspecified atom stereocenters. The number of rotatable bonds is 6. The third-order valence-electron chi connectivity index (χ3n) is 6.58. The SMILES string of the molecule is Cc1ccc(F)c([C@@H](C)[C@@H](c2n[nH]c(=O)o2)N2CN([C@H](C)CO)c3cc(Cl)ccc3S2(=O)=O)c1C. The molecule has 0 aliphatic carbocycles. The molecule has 0 saturated heterocycles.